The fourth-order valence-corrected chi connectivity index (χ4v) is 3.93. The van der Waals surface area contributed by atoms with Crippen LogP contribution < -0.4 is 10.7 Å². The second kappa shape index (κ2) is 10.1. The van der Waals surface area contributed by atoms with Crippen molar-refractivity contribution in [3.05, 3.63) is 94.2 Å². The summed E-state index contributed by atoms with van der Waals surface area (Å²) in [6.45, 7) is 1.51. The zero-order valence-corrected chi connectivity index (χ0v) is 20.3. The first kappa shape index (κ1) is 24.5. The molecular formula is C27H20FN5O5. The number of hydrogen-bond acceptors (Lipinski definition) is 8. The fraction of sp³-hybridized carbons (Fsp3) is 0.111. The number of halogens is 1. The summed E-state index contributed by atoms with van der Waals surface area (Å²) in [4.78, 5) is 47.2. The van der Waals surface area contributed by atoms with Crippen molar-refractivity contribution in [3.8, 4) is 22.8 Å². The Morgan fingerprint density at radius 2 is 1.89 bits per heavy atom. The minimum absolute atomic E-state index is 0.0427. The lowest BCUT2D eigenvalue weighted by molar-refractivity contribution is -0.116. The van der Waals surface area contributed by atoms with E-state index in [4.69, 9.17) is 9.26 Å². The molecule has 0 spiro atoms. The first-order valence-corrected chi connectivity index (χ1v) is 11.4. The number of ether oxygens (including phenoxy) is 1. The van der Waals surface area contributed by atoms with E-state index in [-0.39, 0.29) is 46.1 Å². The lowest BCUT2D eigenvalue weighted by Crippen LogP contribution is -2.23. The Kier molecular flexibility index (Phi) is 6.48. The normalized spacial score (nSPS) is 10.9. The molecule has 0 aliphatic carbocycles. The predicted octanol–water partition coefficient (Wildman–Crippen LogP) is 3.99. The average Bonchev–Trinajstić information content (AvgIpc) is 3.40. The van der Waals surface area contributed by atoms with Gasteiger partial charge in [0.05, 0.1) is 23.7 Å². The lowest BCUT2D eigenvalue weighted by atomic mass is 10.1. The molecule has 0 unspecified atom stereocenters. The van der Waals surface area contributed by atoms with Crippen molar-refractivity contribution in [2.75, 3.05) is 12.4 Å². The van der Waals surface area contributed by atoms with Gasteiger partial charge in [-0.25, -0.2) is 14.2 Å². The third-order valence-electron chi connectivity index (χ3n) is 5.72. The van der Waals surface area contributed by atoms with Gasteiger partial charge in [0.25, 0.3) is 5.89 Å². The maximum absolute atomic E-state index is 13.7. The highest BCUT2D eigenvalue weighted by atomic mass is 19.1. The molecule has 3 aromatic heterocycles. The molecule has 10 nitrogen and oxygen atoms in total. The quantitative estimate of drug-likeness (QED) is 0.338. The highest BCUT2D eigenvalue weighted by molar-refractivity contribution is 6.01. The maximum atomic E-state index is 13.7. The molecule has 190 valence electrons. The van der Waals surface area contributed by atoms with Gasteiger partial charge in [0.2, 0.25) is 17.2 Å². The third-order valence-corrected chi connectivity index (χ3v) is 5.72. The van der Waals surface area contributed by atoms with Crippen LogP contribution in [0.3, 0.4) is 0 Å². The summed E-state index contributed by atoms with van der Waals surface area (Å²) in [5.74, 6) is -1.54. The smallest absolute Gasteiger partial charge is 0.339 e. The van der Waals surface area contributed by atoms with E-state index in [9.17, 15) is 18.8 Å². The molecule has 0 radical (unpaired) electrons. The minimum Gasteiger partial charge on any atom is -0.465 e. The summed E-state index contributed by atoms with van der Waals surface area (Å²) in [5, 5.41) is 6.82. The Morgan fingerprint density at radius 3 is 2.68 bits per heavy atom. The number of methoxy groups -OCH3 is 1. The summed E-state index contributed by atoms with van der Waals surface area (Å²) in [7, 11) is 1.25. The van der Waals surface area contributed by atoms with E-state index in [1.165, 1.54) is 42.1 Å². The number of rotatable bonds is 6. The standard InChI is InChI=1S/C27H20FN5O5/c1-15-10-11-19-23(35)20(26-31-24(32-38-26)16-6-5-7-17(28)12-16)13-33(25(19)29-15)14-22(34)30-21-9-4-3-8-18(21)27(36)37-2/h3-13H,14H2,1-2H3,(H,30,34). The number of nitrogens with one attached hydrogen (secondary N) is 1. The highest BCUT2D eigenvalue weighted by Gasteiger charge is 2.20. The summed E-state index contributed by atoms with van der Waals surface area (Å²) < 4.78 is 25.3. The van der Waals surface area contributed by atoms with Gasteiger partial charge in [0.15, 0.2) is 0 Å². The van der Waals surface area contributed by atoms with Crippen LogP contribution in [0.2, 0.25) is 0 Å². The maximum Gasteiger partial charge on any atom is 0.339 e. The van der Waals surface area contributed by atoms with Crippen LogP contribution in [0.5, 0.6) is 0 Å². The SMILES string of the molecule is COC(=O)c1ccccc1NC(=O)Cn1cc(-c2nc(-c3cccc(F)c3)no2)c(=O)c2ccc(C)nc21. The zero-order chi connectivity index (χ0) is 26.8. The molecule has 1 amide bonds. The van der Waals surface area contributed by atoms with Crippen LogP contribution >= 0.6 is 0 Å². The number of hydrogen-bond donors (Lipinski definition) is 1. The molecule has 11 heteroatoms. The predicted molar refractivity (Wildman–Crippen MR) is 136 cm³/mol. The van der Waals surface area contributed by atoms with E-state index >= 15 is 0 Å². The zero-order valence-electron chi connectivity index (χ0n) is 20.3. The lowest BCUT2D eigenvalue weighted by Gasteiger charge is -2.13. The molecule has 0 aliphatic rings. The van der Waals surface area contributed by atoms with Gasteiger partial charge in [-0.3, -0.25) is 9.59 Å². The molecule has 3 heterocycles. The van der Waals surface area contributed by atoms with Crippen LogP contribution in [0.1, 0.15) is 16.1 Å². The van der Waals surface area contributed by atoms with Gasteiger partial charge in [0, 0.05) is 17.5 Å². The largest absolute Gasteiger partial charge is 0.465 e. The van der Waals surface area contributed by atoms with E-state index in [0.29, 0.717) is 11.3 Å². The molecule has 0 aliphatic heterocycles. The van der Waals surface area contributed by atoms with Gasteiger partial charge in [-0.15, -0.1) is 0 Å². The van der Waals surface area contributed by atoms with Crippen molar-refractivity contribution in [1.82, 2.24) is 19.7 Å². The van der Waals surface area contributed by atoms with Crippen LogP contribution in [0.15, 0.2) is 76.2 Å². The first-order valence-electron chi connectivity index (χ1n) is 11.4. The number of aromatic nitrogens is 4. The Morgan fingerprint density at radius 1 is 1.08 bits per heavy atom. The minimum atomic E-state index is -0.597. The van der Waals surface area contributed by atoms with Crippen molar-refractivity contribution in [2.45, 2.75) is 13.5 Å². The van der Waals surface area contributed by atoms with Gasteiger partial charge in [-0.05, 0) is 43.3 Å². The molecule has 0 fully saturated rings. The van der Waals surface area contributed by atoms with E-state index < -0.39 is 23.1 Å². The second-order valence-corrected chi connectivity index (χ2v) is 8.34. The van der Waals surface area contributed by atoms with Gasteiger partial charge in [0.1, 0.15) is 23.6 Å². The molecule has 38 heavy (non-hydrogen) atoms. The topological polar surface area (TPSA) is 129 Å². The number of esters is 1. The second-order valence-electron chi connectivity index (χ2n) is 8.34. The average molecular weight is 513 g/mol. The van der Waals surface area contributed by atoms with Crippen molar-refractivity contribution in [1.29, 1.82) is 0 Å². The van der Waals surface area contributed by atoms with Crippen LogP contribution in [0.4, 0.5) is 10.1 Å². The molecule has 2 aromatic carbocycles. The van der Waals surface area contributed by atoms with Crippen LogP contribution in [0.25, 0.3) is 33.9 Å². The number of para-hydroxylation sites is 1. The summed E-state index contributed by atoms with van der Waals surface area (Å²) in [6.07, 6.45) is 1.41. The van der Waals surface area contributed by atoms with E-state index in [0.717, 1.165) is 0 Å². The van der Waals surface area contributed by atoms with Crippen molar-refractivity contribution < 1.29 is 23.2 Å². The number of pyridine rings is 2. The Balaban J connectivity index is 1.54. The molecule has 5 aromatic rings. The molecular weight excluding hydrogens is 493 g/mol. The fourth-order valence-electron chi connectivity index (χ4n) is 3.93. The van der Waals surface area contributed by atoms with Gasteiger partial charge >= 0.3 is 5.97 Å². The number of amides is 1. The number of carbonyl (C=O) groups is 2. The number of nitrogens with zero attached hydrogens (tertiary/aromatic N) is 4. The van der Waals surface area contributed by atoms with E-state index in [1.807, 2.05) is 0 Å². The number of anilines is 1. The van der Waals surface area contributed by atoms with Crippen LogP contribution in [0, 0.1) is 12.7 Å². The van der Waals surface area contributed by atoms with Gasteiger partial charge in [-0.1, -0.05) is 29.4 Å². The third kappa shape index (κ3) is 4.76. The molecule has 0 bridgehead atoms. The van der Waals surface area contributed by atoms with Crippen LogP contribution in [-0.2, 0) is 16.1 Å². The molecule has 0 saturated heterocycles. The molecule has 0 atom stereocenters. The molecule has 0 saturated carbocycles. The summed E-state index contributed by atoms with van der Waals surface area (Å²) in [5.41, 5.74) is 1.38. The summed E-state index contributed by atoms with van der Waals surface area (Å²) in [6, 6.07) is 15.4. The van der Waals surface area contributed by atoms with Crippen molar-refractivity contribution in [3.63, 3.8) is 0 Å². The Hall–Kier alpha value is -5.19. The Bertz CT molecular complexity index is 1760. The van der Waals surface area contributed by atoms with E-state index in [2.05, 4.69) is 20.4 Å². The van der Waals surface area contributed by atoms with Gasteiger partial charge < -0.3 is 19.1 Å². The number of carbonyl (C=O) groups excluding carboxylic acids is 2. The van der Waals surface area contributed by atoms with E-state index in [1.54, 1.807) is 43.3 Å². The summed E-state index contributed by atoms with van der Waals surface area (Å²) >= 11 is 0. The van der Waals surface area contributed by atoms with Crippen molar-refractivity contribution in [2.24, 2.45) is 0 Å². The van der Waals surface area contributed by atoms with Crippen LogP contribution in [-0.4, -0.2) is 38.7 Å². The molecule has 1 N–H and O–H groups in total. The highest BCUT2D eigenvalue weighted by Crippen LogP contribution is 2.23. The Labute approximate surface area is 214 Å². The number of fused-ring (bicyclic) bond motifs is 1. The van der Waals surface area contributed by atoms with Crippen molar-refractivity contribution >= 4 is 28.6 Å². The van der Waals surface area contributed by atoms with Gasteiger partial charge in [-0.2, -0.15) is 4.98 Å². The number of benzene rings is 2. The molecule has 5 rings (SSSR count). The monoisotopic (exact) mass is 513 g/mol. The first-order chi connectivity index (χ1) is 18.3. The number of aryl methyl sites for hydroxylation is 1.